The fourth-order valence-electron chi connectivity index (χ4n) is 4.23. The van der Waals surface area contributed by atoms with E-state index >= 15 is 0 Å². The van der Waals surface area contributed by atoms with Crippen LogP contribution in [0.5, 0.6) is 5.75 Å². The van der Waals surface area contributed by atoms with Crippen molar-refractivity contribution in [1.82, 2.24) is 19.6 Å². The van der Waals surface area contributed by atoms with Gasteiger partial charge in [0, 0.05) is 18.5 Å². The maximum absolute atomic E-state index is 13.1. The molecule has 0 aliphatic rings. The molecule has 0 unspecified atom stereocenters. The second-order valence-electron chi connectivity index (χ2n) is 9.19. The minimum absolute atomic E-state index is 0.0255. The SMILES string of the molecule is Cc1ccccc1S(=O)(=O)NC(=O)N/C(=C\c1ccccc1)c1nccn1-c1cccc(OCc2ccccc2)c1. The molecule has 1 aromatic heterocycles. The van der Waals surface area contributed by atoms with E-state index in [0.29, 0.717) is 29.4 Å². The number of imidazole rings is 1. The molecule has 9 heteroatoms. The van der Waals surface area contributed by atoms with Crippen molar-refractivity contribution in [1.29, 1.82) is 0 Å². The predicted molar refractivity (Wildman–Crippen MR) is 159 cm³/mol. The maximum Gasteiger partial charge on any atom is 0.333 e. The molecule has 8 nitrogen and oxygen atoms in total. The molecule has 5 aromatic rings. The second kappa shape index (κ2) is 12.4. The number of aromatic nitrogens is 2. The first-order chi connectivity index (χ1) is 19.9. The van der Waals surface area contributed by atoms with Gasteiger partial charge in [-0.3, -0.25) is 4.57 Å². The molecule has 2 N–H and O–H groups in total. The molecule has 0 saturated heterocycles. The minimum atomic E-state index is -4.11. The Labute approximate surface area is 239 Å². The third-order valence-electron chi connectivity index (χ3n) is 6.19. The van der Waals surface area contributed by atoms with Gasteiger partial charge in [-0.25, -0.2) is 22.9 Å². The molecule has 5 rings (SSSR count). The third-order valence-corrected chi connectivity index (χ3v) is 7.69. The Bertz CT molecular complexity index is 1780. The number of nitrogens with one attached hydrogen (secondary N) is 2. The van der Waals surface area contributed by atoms with Gasteiger partial charge >= 0.3 is 6.03 Å². The van der Waals surface area contributed by atoms with Crippen molar-refractivity contribution in [3.8, 4) is 11.4 Å². The highest BCUT2D eigenvalue weighted by atomic mass is 32.2. The zero-order valence-electron chi connectivity index (χ0n) is 22.3. The molecule has 206 valence electrons. The number of nitrogens with zero attached hydrogens (tertiary/aromatic N) is 2. The van der Waals surface area contributed by atoms with Crippen LogP contribution in [0, 0.1) is 6.92 Å². The van der Waals surface area contributed by atoms with Crippen LogP contribution in [0.3, 0.4) is 0 Å². The Morgan fingerprint density at radius 1 is 0.902 bits per heavy atom. The van der Waals surface area contributed by atoms with Gasteiger partial charge in [0.1, 0.15) is 12.4 Å². The normalized spacial score (nSPS) is 11.6. The molecule has 0 saturated carbocycles. The van der Waals surface area contributed by atoms with Crippen LogP contribution in [0.25, 0.3) is 17.5 Å². The summed E-state index contributed by atoms with van der Waals surface area (Å²) in [6, 6.07) is 32.3. The molecule has 4 aromatic carbocycles. The van der Waals surface area contributed by atoms with E-state index < -0.39 is 16.1 Å². The van der Waals surface area contributed by atoms with Crippen LogP contribution in [-0.2, 0) is 16.6 Å². The van der Waals surface area contributed by atoms with Crippen LogP contribution >= 0.6 is 0 Å². The van der Waals surface area contributed by atoms with Crippen molar-refractivity contribution in [2.75, 3.05) is 0 Å². The van der Waals surface area contributed by atoms with E-state index in [0.717, 1.165) is 16.8 Å². The van der Waals surface area contributed by atoms with Crippen molar-refractivity contribution in [2.24, 2.45) is 0 Å². The fraction of sp³-hybridized carbons (Fsp3) is 0.0625. The summed E-state index contributed by atoms with van der Waals surface area (Å²) in [5, 5.41) is 2.70. The summed E-state index contributed by atoms with van der Waals surface area (Å²) in [5.41, 5.74) is 3.41. The topological polar surface area (TPSA) is 102 Å². The second-order valence-corrected chi connectivity index (χ2v) is 10.8. The summed E-state index contributed by atoms with van der Waals surface area (Å²) < 4.78 is 35.8. The van der Waals surface area contributed by atoms with E-state index in [1.165, 1.54) is 6.07 Å². The highest BCUT2D eigenvalue weighted by Crippen LogP contribution is 2.23. The van der Waals surface area contributed by atoms with Gasteiger partial charge in [0.15, 0.2) is 5.82 Å². The Balaban J connectivity index is 1.43. The first kappa shape index (κ1) is 27.4. The fourth-order valence-corrected chi connectivity index (χ4v) is 5.39. The average molecular weight is 565 g/mol. The summed E-state index contributed by atoms with van der Waals surface area (Å²) in [6.07, 6.45) is 5.10. The number of urea groups is 1. The van der Waals surface area contributed by atoms with Crippen LogP contribution in [0.4, 0.5) is 4.79 Å². The Morgan fingerprint density at radius 2 is 1.61 bits per heavy atom. The van der Waals surface area contributed by atoms with Crippen molar-refractivity contribution in [3.05, 3.63) is 144 Å². The molecule has 0 radical (unpaired) electrons. The van der Waals surface area contributed by atoms with Gasteiger partial charge in [-0.05, 0) is 47.9 Å². The summed E-state index contributed by atoms with van der Waals surface area (Å²) in [5.74, 6) is 1.06. The number of hydrogen-bond donors (Lipinski definition) is 2. The Kier molecular flexibility index (Phi) is 8.26. The summed E-state index contributed by atoms with van der Waals surface area (Å²) in [7, 11) is -4.11. The van der Waals surface area contributed by atoms with Gasteiger partial charge in [-0.2, -0.15) is 0 Å². The number of amides is 2. The highest BCUT2D eigenvalue weighted by molar-refractivity contribution is 7.90. The molecule has 2 amide bonds. The number of carbonyl (C=O) groups is 1. The van der Waals surface area contributed by atoms with Crippen molar-refractivity contribution < 1.29 is 17.9 Å². The monoisotopic (exact) mass is 564 g/mol. The summed E-state index contributed by atoms with van der Waals surface area (Å²) >= 11 is 0. The molecule has 0 aliphatic carbocycles. The zero-order valence-corrected chi connectivity index (χ0v) is 23.1. The van der Waals surface area contributed by atoms with Gasteiger partial charge in [0.05, 0.1) is 16.3 Å². The first-order valence-electron chi connectivity index (χ1n) is 12.9. The van der Waals surface area contributed by atoms with Crippen LogP contribution < -0.4 is 14.8 Å². The molecule has 0 spiro atoms. The molecular weight excluding hydrogens is 536 g/mol. The molecule has 0 bridgehead atoms. The summed E-state index contributed by atoms with van der Waals surface area (Å²) in [4.78, 5) is 17.6. The predicted octanol–water partition coefficient (Wildman–Crippen LogP) is 5.95. The summed E-state index contributed by atoms with van der Waals surface area (Å²) in [6.45, 7) is 2.08. The highest BCUT2D eigenvalue weighted by Gasteiger charge is 2.21. The van der Waals surface area contributed by atoms with Crippen LogP contribution in [0.1, 0.15) is 22.5 Å². The smallest absolute Gasteiger partial charge is 0.333 e. The quantitative estimate of drug-likeness (QED) is 0.231. The Hall–Kier alpha value is -5.15. The molecule has 1 heterocycles. The van der Waals surface area contributed by atoms with E-state index in [-0.39, 0.29) is 4.90 Å². The van der Waals surface area contributed by atoms with E-state index in [2.05, 4.69) is 15.0 Å². The van der Waals surface area contributed by atoms with Crippen molar-refractivity contribution in [3.63, 3.8) is 0 Å². The van der Waals surface area contributed by atoms with Gasteiger partial charge in [0.25, 0.3) is 10.0 Å². The lowest BCUT2D eigenvalue weighted by Gasteiger charge is -2.15. The van der Waals surface area contributed by atoms with E-state index in [9.17, 15) is 13.2 Å². The molecule has 0 fully saturated rings. The number of ether oxygens (including phenoxy) is 1. The number of benzene rings is 4. The third kappa shape index (κ3) is 6.90. The van der Waals surface area contributed by atoms with Crippen LogP contribution in [-0.4, -0.2) is 24.0 Å². The van der Waals surface area contributed by atoms with Gasteiger partial charge in [-0.15, -0.1) is 0 Å². The largest absolute Gasteiger partial charge is 0.489 e. The number of sulfonamides is 1. The number of hydrogen-bond acceptors (Lipinski definition) is 5. The maximum atomic E-state index is 13.1. The van der Waals surface area contributed by atoms with Crippen molar-refractivity contribution in [2.45, 2.75) is 18.4 Å². The van der Waals surface area contributed by atoms with E-state index in [4.69, 9.17) is 4.74 Å². The first-order valence-corrected chi connectivity index (χ1v) is 14.3. The Morgan fingerprint density at radius 3 is 2.37 bits per heavy atom. The average Bonchev–Trinajstić information content (AvgIpc) is 3.47. The van der Waals surface area contributed by atoms with E-state index in [1.54, 1.807) is 48.2 Å². The lowest BCUT2D eigenvalue weighted by Crippen LogP contribution is -2.39. The van der Waals surface area contributed by atoms with Crippen molar-refractivity contribution >= 4 is 27.8 Å². The molecule has 41 heavy (non-hydrogen) atoms. The number of rotatable bonds is 9. The molecule has 0 aliphatic heterocycles. The van der Waals surface area contributed by atoms with Gasteiger partial charge in [-0.1, -0.05) is 84.9 Å². The standard InChI is InChI=1S/C32H28N4O4S/c1-24-11-8-9-18-30(24)41(38,39)35-32(37)34-29(21-25-12-4-2-5-13-25)31-33-19-20-36(31)27-16-10-17-28(22-27)40-23-26-14-6-3-7-15-26/h2-22H,23H2,1H3,(H2,34,35,37)/b29-21-. The zero-order chi connectivity index (χ0) is 28.7. The van der Waals surface area contributed by atoms with Crippen LogP contribution in [0.15, 0.2) is 126 Å². The lowest BCUT2D eigenvalue weighted by atomic mass is 10.2. The minimum Gasteiger partial charge on any atom is -0.489 e. The lowest BCUT2D eigenvalue weighted by molar-refractivity contribution is 0.249. The number of aryl methyl sites for hydroxylation is 1. The molecular formula is C32H28N4O4S. The van der Waals surface area contributed by atoms with Crippen LogP contribution in [0.2, 0.25) is 0 Å². The molecule has 0 atom stereocenters. The number of carbonyl (C=O) groups excluding carboxylic acids is 1. The van der Waals surface area contributed by atoms with E-state index in [1.807, 2.05) is 84.9 Å². The van der Waals surface area contributed by atoms with Gasteiger partial charge < -0.3 is 10.1 Å². The van der Waals surface area contributed by atoms with Gasteiger partial charge in [0.2, 0.25) is 0 Å².